The quantitative estimate of drug-likeness (QED) is 0.797. The smallest absolute Gasteiger partial charge is 0.293 e. The van der Waals surface area contributed by atoms with Gasteiger partial charge in [-0.25, -0.2) is 13.6 Å². The highest BCUT2D eigenvalue weighted by Gasteiger charge is 2.27. The summed E-state index contributed by atoms with van der Waals surface area (Å²) < 4.78 is 33.4. The van der Waals surface area contributed by atoms with E-state index >= 15 is 0 Å². The van der Waals surface area contributed by atoms with Crippen molar-refractivity contribution in [1.82, 2.24) is 20.4 Å². The first-order chi connectivity index (χ1) is 10.4. The minimum atomic E-state index is -3.84. The van der Waals surface area contributed by atoms with Crippen LogP contribution in [0.2, 0.25) is 0 Å². The SMILES string of the molecule is Cc1oc(-c2nc(C3CNCCN3C)no2)cc1S(N)(=O)=O. The normalized spacial score (nSPS) is 20.4. The molecule has 3 heterocycles. The van der Waals surface area contributed by atoms with Crippen LogP contribution >= 0.6 is 0 Å². The van der Waals surface area contributed by atoms with Crippen molar-refractivity contribution in [2.45, 2.75) is 17.9 Å². The number of aromatic nitrogens is 2. The zero-order valence-corrected chi connectivity index (χ0v) is 13.1. The fourth-order valence-electron chi connectivity index (χ4n) is 2.42. The molecule has 3 rings (SSSR count). The van der Waals surface area contributed by atoms with Crippen LogP contribution in [0.4, 0.5) is 0 Å². The van der Waals surface area contributed by atoms with Gasteiger partial charge >= 0.3 is 0 Å². The first-order valence-electron chi connectivity index (χ1n) is 6.74. The maximum Gasteiger partial charge on any atom is 0.293 e. The molecule has 2 aromatic rings. The number of likely N-dealkylation sites (N-methyl/N-ethyl adjacent to an activating group) is 1. The molecule has 3 N–H and O–H groups in total. The van der Waals surface area contributed by atoms with Gasteiger partial charge in [0.25, 0.3) is 5.89 Å². The Kier molecular flexibility index (Phi) is 3.77. The van der Waals surface area contributed by atoms with Crippen LogP contribution in [0.25, 0.3) is 11.7 Å². The predicted molar refractivity (Wildman–Crippen MR) is 76.4 cm³/mol. The number of rotatable bonds is 3. The van der Waals surface area contributed by atoms with Gasteiger partial charge in [0.2, 0.25) is 10.0 Å². The van der Waals surface area contributed by atoms with Crippen molar-refractivity contribution in [3.8, 4) is 11.7 Å². The molecule has 0 spiro atoms. The number of hydrogen-bond acceptors (Lipinski definition) is 8. The van der Waals surface area contributed by atoms with Gasteiger partial charge in [-0.15, -0.1) is 0 Å². The standard InChI is InChI=1S/C12H17N5O4S/c1-7-10(22(13,18)19)5-9(20-7)12-15-11(16-21-12)8-6-14-3-4-17(8)2/h5,8,14H,3-4,6H2,1-2H3,(H2,13,18,19). The third kappa shape index (κ3) is 2.77. The highest BCUT2D eigenvalue weighted by atomic mass is 32.2. The van der Waals surface area contributed by atoms with Gasteiger partial charge < -0.3 is 14.3 Å². The molecule has 2 aromatic heterocycles. The number of hydrogen-bond donors (Lipinski definition) is 2. The summed E-state index contributed by atoms with van der Waals surface area (Å²) in [5.74, 6) is 1.03. The number of sulfonamides is 1. The average molecular weight is 327 g/mol. The van der Waals surface area contributed by atoms with Gasteiger partial charge in [0.1, 0.15) is 10.7 Å². The van der Waals surface area contributed by atoms with E-state index < -0.39 is 10.0 Å². The van der Waals surface area contributed by atoms with E-state index in [0.717, 1.165) is 19.6 Å². The van der Waals surface area contributed by atoms with E-state index in [2.05, 4.69) is 20.4 Å². The molecule has 1 atom stereocenters. The van der Waals surface area contributed by atoms with E-state index in [0.29, 0.717) is 5.82 Å². The van der Waals surface area contributed by atoms with Crippen molar-refractivity contribution < 1.29 is 17.4 Å². The summed E-state index contributed by atoms with van der Waals surface area (Å²) in [4.78, 5) is 6.34. The molecule has 9 nitrogen and oxygen atoms in total. The van der Waals surface area contributed by atoms with Crippen molar-refractivity contribution >= 4 is 10.0 Å². The highest BCUT2D eigenvalue weighted by Crippen LogP contribution is 2.28. The van der Waals surface area contributed by atoms with Crippen LogP contribution in [0.5, 0.6) is 0 Å². The molecule has 0 radical (unpaired) electrons. The van der Waals surface area contributed by atoms with E-state index in [1.165, 1.54) is 13.0 Å². The molecule has 1 fully saturated rings. The van der Waals surface area contributed by atoms with E-state index in [4.69, 9.17) is 14.1 Å². The van der Waals surface area contributed by atoms with E-state index in [1.54, 1.807) is 0 Å². The van der Waals surface area contributed by atoms with Crippen LogP contribution in [0.3, 0.4) is 0 Å². The van der Waals surface area contributed by atoms with Crippen molar-refractivity contribution in [3.05, 3.63) is 17.7 Å². The Hall–Kier alpha value is -1.75. The molecular weight excluding hydrogens is 310 g/mol. The summed E-state index contributed by atoms with van der Waals surface area (Å²) in [6.07, 6.45) is 0. The molecule has 0 aromatic carbocycles. The second kappa shape index (κ2) is 5.47. The van der Waals surface area contributed by atoms with Gasteiger partial charge in [-0.3, -0.25) is 4.90 Å². The Morgan fingerprint density at radius 2 is 2.27 bits per heavy atom. The van der Waals surface area contributed by atoms with Crippen molar-refractivity contribution in [1.29, 1.82) is 0 Å². The first-order valence-corrected chi connectivity index (χ1v) is 8.29. The predicted octanol–water partition coefficient (Wildman–Crippen LogP) is -0.138. The van der Waals surface area contributed by atoms with Crippen LogP contribution in [-0.4, -0.2) is 50.1 Å². The van der Waals surface area contributed by atoms with E-state index in [9.17, 15) is 8.42 Å². The largest absolute Gasteiger partial charge is 0.455 e. The number of furan rings is 1. The first kappa shape index (κ1) is 15.2. The van der Waals surface area contributed by atoms with Crippen LogP contribution in [0.15, 0.2) is 19.9 Å². The number of aryl methyl sites for hydroxylation is 1. The number of nitrogens with two attached hydrogens (primary N) is 1. The minimum absolute atomic E-state index is 0.0000192. The molecule has 1 aliphatic rings. The molecule has 1 aliphatic heterocycles. The van der Waals surface area contributed by atoms with Gasteiger partial charge in [0.15, 0.2) is 11.6 Å². The summed E-state index contributed by atoms with van der Waals surface area (Å²) in [5, 5.41) is 12.3. The monoisotopic (exact) mass is 327 g/mol. The zero-order valence-electron chi connectivity index (χ0n) is 12.2. The Morgan fingerprint density at radius 3 is 2.91 bits per heavy atom. The van der Waals surface area contributed by atoms with Crippen molar-refractivity contribution in [2.24, 2.45) is 5.14 Å². The van der Waals surface area contributed by atoms with Gasteiger partial charge in [0, 0.05) is 25.7 Å². The third-order valence-electron chi connectivity index (χ3n) is 3.64. The lowest BCUT2D eigenvalue weighted by atomic mass is 10.2. The number of piperazine rings is 1. The Bertz CT molecular complexity index is 781. The Labute approximate surface area is 127 Å². The lowest BCUT2D eigenvalue weighted by Crippen LogP contribution is -2.44. The minimum Gasteiger partial charge on any atom is -0.455 e. The molecule has 0 bridgehead atoms. The van der Waals surface area contributed by atoms with Gasteiger partial charge in [-0.05, 0) is 14.0 Å². The molecular formula is C12H17N5O4S. The molecule has 0 amide bonds. The summed E-state index contributed by atoms with van der Waals surface area (Å²) in [5.41, 5.74) is 0. The number of nitrogens with zero attached hydrogens (tertiary/aromatic N) is 3. The summed E-state index contributed by atoms with van der Waals surface area (Å²) in [6.45, 7) is 4.02. The zero-order chi connectivity index (χ0) is 15.9. The molecule has 1 saturated heterocycles. The number of primary sulfonamides is 1. The molecule has 120 valence electrons. The summed E-state index contributed by atoms with van der Waals surface area (Å²) >= 11 is 0. The van der Waals surface area contributed by atoms with Gasteiger partial charge in [-0.2, -0.15) is 4.98 Å². The fourth-order valence-corrected chi connectivity index (χ4v) is 3.13. The highest BCUT2D eigenvalue weighted by molar-refractivity contribution is 7.89. The lowest BCUT2D eigenvalue weighted by molar-refractivity contribution is 0.190. The molecule has 22 heavy (non-hydrogen) atoms. The third-order valence-corrected chi connectivity index (χ3v) is 4.66. The van der Waals surface area contributed by atoms with Crippen LogP contribution in [0.1, 0.15) is 17.6 Å². The van der Waals surface area contributed by atoms with Gasteiger partial charge in [-0.1, -0.05) is 5.16 Å². The average Bonchev–Trinajstić information content (AvgIpc) is 3.05. The summed E-state index contributed by atoms with van der Waals surface area (Å²) in [6, 6.07) is 1.30. The van der Waals surface area contributed by atoms with Crippen LogP contribution in [0, 0.1) is 6.92 Å². The Morgan fingerprint density at radius 1 is 1.50 bits per heavy atom. The fraction of sp³-hybridized carbons (Fsp3) is 0.500. The van der Waals surface area contributed by atoms with Crippen LogP contribution < -0.4 is 10.5 Å². The maximum atomic E-state index is 11.4. The molecule has 1 unspecified atom stereocenters. The Balaban J connectivity index is 1.91. The topological polar surface area (TPSA) is 127 Å². The lowest BCUT2D eigenvalue weighted by Gasteiger charge is -2.30. The van der Waals surface area contributed by atoms with Crippen LogP contribution in [-0.2, 0) is 10.0 Å². The van der Waals surface area contributed by atoms with E-state index in [-0.39, 0.29) is 28.3 Å². The van der Waals surface area contributed by atoms with E-state index in [1.807, 2.05) is 7.05 Å². The second-order valence-electron chi connectivity index (χ2n) is 5.23. The number of nitrogens with one attached hydrogen (secondary N) is 1. The van der Waals surface area contributed by atoms with Crippen molar-refractivity contribution in [2.75, 3.05) is 26.7 Å². The second-order valence-corrected chi connectivity index (χ2v) is 6.76. The summed E-state index contributed by atoms with van der Waals surface area (Å²) in [7, 11) is -1.86. The maximum absolute atomic E-state index is 11.4. The molecule has 0 aliphatic carbocycles. The molecule has 10 heteroatoms. The van der Waals surface area contributed by atoms with Gasteiger partial charge in [0.05, 0.1) is 6.04 Å². The van der Waals surface area contributed by atoms with Crippen molar-refractivity contribution in [3.63, 3.8) is 0 Å². The molecule has 0 saturated carbocycles.